The monoisotopic (exact) mass is 498 g/mol. The van der Waals surface area contributed by atoms with E-state index in [1.807, 2.05) is 31.2 Å². The molecule has 0 saturated heterocycles. The molecule has 1 unspecified atom stereocenters. The molecule has 164 valence electrons. The van der Waals surface area contributed by atoms with Crippen LogP contribution in [0.4, 0.5) is 15.8 Å². The number of hydrogen-bond acceptors (Lipinski definition) is 4. The van der Waals surface area contributed by atoms with E-state index in [0.717, 1.165) is 22.4 Å². The van der Waals surface area contributed by atoms with Gasteiger partial charge in [-0.1, -0.05) is 34.1 Å². The van der Waals surface area contributed by atoms with Gasteiger partial charge in [-0.2, -0.15) is 5.10 Å². The topological polar surface area (TPSA) is 84.3 Å². The molecule has 1 aromatic heterocycles. The zero-order chi connectivity index (χ0) is 22.8. The molecular formula is C23H20BrFN4O3. The van der Waals surface area contributed by atoms with Gasteiger partial charge in [-0.15, -0.1) is 0 Å². The Morgan fingerprint density at radius 1 is 1.19 bits per heavy atom. The summed E-state index contributed by atoms with van der Waals surface area (Å²) in [6.45, 7) is 1.91. The van der Waals surface area contributed by atoms with Crippen molar-refractivity contribution in [2.24, 2.45) is 0 Å². The van der Waals surface area contributed by atoms with Crippen LogP contribution in [0.25, 0.3) is 0 Å². The highest BCUT2D eigenvalue weighted by Gasteiger charge is 2.32. The lowest BCUT2D eigenvalue weighted by Crippen LogP contribution is -2.37. The van der Waals surface area contributed by atoms with Crippen molar-refractivity contribution in [3.05, 3.63) is 86.5 Å². The molecule has 0 aliphatic carbocycles. The number of nitrogens with one attached hydrogen (secondary N) is 1. The first-order valence-electron chi connectivity index (χ1n) is 10.1. The number of benzene rings is 2. The third-order valence-corrected chi connectivity index (χ3v) is 5.76. The maximum absolute atomic E-state index is 13.9. The molecule has 1 N–H and O–H groups in total. The van der Waals surface area contributed by atoms with Gasteiger partial charge in [-0.3, -0.25) is 14.4 Å². The zero-order valence-electron chi connectivity index (χ0n) is 17.2. The van der Waals surface area contributed by atoms with Gasteiger partial charge in [-0.05, 0) is 49.2 Å². The van der Waals surface area contributed by atoms with Crippen molar-refractivity contribution >= 4 is 39.1 Å². The quantitative estimate of drug-likeness (QED) is 0.580. The van der Waals surface area contributed by atoms with Crippen LogP contribution in [0.15, 0.2) is 63.9 Å². The van der Waals surface area contributed by atoms with Crippen LogP contribution < -0.4 is 15.8 Å². The number of aryl methyl sites for hydroxylation is 1. The summed E-state index contributed by atoms with van der Waals surface area (Å²) in [6.07, 6.45) is 0.636. The van der Waals surface area contributed by atoms with E-state index in [2.05, 4.69) is 26.3 Å². The number of carbonyl (C=O) groups excluding carboxylic acids is 2. The number of hydrogen-bond donors (Lipinski definition) is 1. The van der Waals surface area contributed by atoms with E-state index in [4.69, 9.17) is 0 Å². The largest absolute Gasteiger partial charge is 0.324 e. The summed E-state index contributed by atoms with van der Waals surface area (Å²) in [6, 6.07) is 14.6. The fourth-order valence-corrected chi connectivity index (χ4v) is 4.07. The molecule has 3 aromatic rings. The fraction of sp³-hybridized carbons (Fsp3) is 0.217. The van der Waals surface area contributed by atoms with Crippen LogP contribution in [-0.4, -0.2) is 27.6 Å². The predicted octanol–water partition coefficient (Wildman–Crippen LogP) is 3.77. The standard InChI is InChI=1S/C23H20BrFN4O3/c1-14-12-15-4-2-3-5-20(15)29(14)23(32)19-8-9-22(31)28(27-19)11-10-21(30)26-18-7-6-16(24)13-17(18)25/h2-9,13-14H,10-12H2,1H3,(H,26,30). The van der Waals surface area contributed by atoms with Crippen LogP contribution in [0.2, 0.25) is 0 Å². The number of nitrogens with zero attached hydrogens (tertiary/aromatic N) is 3. The summed E-state index contributed by atoms with van der Waals surface area (Å²) in [7, 11) is 0. The van der Waals surface area contributed by atoms with Crippen LogP contribution in [0.1, 0.15) is 29.4 Å². The molecule has 0 saturated carbocycles. The highest BCUT2D eigenvalue weighted by atomic mass is 79.9. The molecule has 1 aliphatic rings. The van der Waals surface area contributed by atoms with Crippen molar-refractivity contribution in [3.8, 4) is 0 Å². The van der Waals surface area contributed by atoms with Crippen molar-refractivity contribution < 1.29 is 14.0 Å². The summed E-state index contributed by atoms with van der Waals surface area (Å²) in [5.74, 6) is -1.35. The number of rotatable bonds is 5. The Morgan fingerprint density at radius 3 is 2.75 bits per heavy atom. The lowest BCUT2D eigenvalue weighted by atomic mass is 10.1. The van der Waals surface area contributed by atoms with Crippen molar-refractivity contribution in [2.45, 2.75) is 32.4 Å². The second kappa shape index (κ2) is 9.04. The van der Waals surface area contributed by atoms with Gasteiger partial charge in [0.15, 0.2) is 0 Å². The van der Waals surface area contributed by atoms with Gasteiger partial charge in [0.1, 0.15) is 11.5 Å². The molecule has 32 heavy (non-hydrogen) atoms. The molecule has 4 rings (SSSR count). The molecule has 0 fully saturated rings. The minimum Gasteiger partial charge on any atom is -0.324 e. The second-order valence-electron chi connectivity index (χ2n) is 7.56. The summed E-state index contributed by atoms with van der Waals surface area (Å²) < 4.78 is 15.5. The maximum atomic E-state index is 13.9. The van der Waals surface area contributed by atoms with Crippen LogP contribution in [0, 0.1) is 5.82 Å². The number of anilines is 2. The normalized spacial score (nSPS) is 14.8. The average Bonchev–Trinajstić information content (AvgIpc) is 3.10. The molecule has 1 aliphatic heterocycles. The molecule has 0 spiro atoms. The Morgan fingerprint density at radius 2 is 1.97 bits per heavy atom. The molecule has 2 amide bonds. The Hall–Kier alpha value is -3.33. The molecule has 0 radical (unpaired) electrons. The van der Waals surface area contributed by atoms with Gasteiger partial charge in [-0.25, -0.2) is 9.07 Å². The average molecular weight is 499 g/mol. The van der Waals surface area contributed by atoms with Crippen LogP contribution in [0.3, 0.4) is 0 Å². The van der Waals surface area contributed by atoms with Crippen LogP contribution in [-0.2, 0) is 17.8 Å². The highest BCUT2D eigenvalue weighted by Crippen LogP contribution is 2.32. The minimum absolute atomic E-state index is 0.0336. The number of halogens is 2. The molecule has 9 heteroatoms. The third-order valence-electron chi connectivity index (χ3n) is 5.27. The van der Waals surface area contributed by atoms with E-state index in [-0.39, 0.29) is 36.3 Å². The molecule has 2 heterocycles. The Labute approximate surface area is 192 Å². The van der Waals surface area contributed by atoms with E-state index < -0.39 is 17.3 Å². The lowest BCUT2D eigenvalue weighted by molar-refractivity contribution is -0.116. The van der Waals surface area contributed by atoms with E-state index in [1.165, 1.54) is 24.3 Å². The van der Waals surface area contributed by atoms with Gasteiger partial charge in [0.05, 0.1) is 12.2 Å². The number of para-hydroxylation sites is 1. The number of amides is 2. The van der Waals surface area contributed by atoms with Crippen molar-refractivity contribution in [3.63, 3.8) is 0 Å². The highest BCUT2D eigenvalue weighted by molar-refractivity contribution is 9.10. The first-order valence-corrected chi connectivity index (χ1v) is 10.9. The Bertz CT molecular complexity index is 1260. The number of fused-ring (bicyclic) bond motifs is 1. The van der Waals surface area contributed by atoms with Gasteiger partial charge in [0, 0.05) is 28.7 Å². The number of aromatic nitrogens is 2. The molecule has 7 nitrogen and oxygen atoms in total. The number of carbonyl (C=O) groups is 2. The second-order valence-corrected chi connectivity index (χ2v) is 8.47. The zero-order valence-corrected chi connectivity index (χ0v) is 18.8. The summed E-state index contributed by atoms with van der Waals surface area (Å²) in [4.78, 5) is 39.3. The van der Waals surface area contributed by atoms with Crippen molar-refractivity contribution in [2.75, 3.05) is 10.2 Å². The Balaban J connectivity index is 1.48. The fourth-order valence-electron chi connectivity index (χ4n) is 3.73. The van der Waals surface area contributed by atoms with Gasteiger partial charge >= 0.3 is 0 Å². The molecule has 2 aromatic carbocycles. The lowest BCUT2D eigenvalue weighted by Gasteiger charge is -2.22. The Kier molecular flexibility index (Phi) is 6.18. The third kappa shape index (κ3) is 4.47. The summed E-state index contributed by atoms with van der Waals surface area (Å²) in [5, 5.41) is 6.66. The molecular weight excluding hydrogens is 479 g/mol. The van der Waals surface area contributed by atoms with E-state index in [1.54, 1.807) is 11.0 Å². The van der Waals surface area contributed by atoms with E-state index in [0.29, 0.717) is 4.47 Å². The van der Waals surface area contributed by atoms with E-state index >= 15 is 0 Å². The maximum Gasteiger partial charge on any atom is 0.278 e. The summed E-state index contributed by atoms with van der Waals surface area (Å²) >= 11 is 3.16. The minimum atomic E-state index is -0.573. The van der Waals surface area contributed by atoms with Crippen molar-refractivity contribution in [1.82, 2.24) is 9.78 Å². The van der Waals surface area contributed by atoms with E-state index in [9.17, 15) is 18.8 Å². The van der Waals surface area contributed by atoms with Crippen LogP contribution in [0.5, 0.6) is 0 Å². The first-order chi connectivity index (χ1) is 15.3. The summed E-state index contributed by atoms with van der Waals surface area (Å²) in [5.41, 5.74) is 1.65. The van der Waals surface area contributed by atoms with Crippen molar-refractivity contribution in [1.29, 1.82) is 0 Å². The first kappa shape index (κ1) is 21.9. The van der Waals surface area contributed by atoms with Gasteiger partial charge < -0.3 is 10.2 Å². The predicted molar refractivity (Wildman–Crippen MR) is 122 cm³/mol. The van der Waals surface area contributed by atoms with Crippen LogP contribution >= 0.6 is 15.9 Å². The SMILES string of the molecule is CC1Cc2ccccc2N1C(=O)c1ccc(=O)n(CCC(=O)Nc2ccc(Br)cc2F)n1. The smallest absolute Gasteiger partial charge is 0.278 e. The van der Waals surface area contributed by atoms with Gasteiger partial charge in [0.25, 0.3) is 11.5 Å². The molecule has 1 atom stereocenters. The molecule has 0 bridgehead atoms. The van der Waals surface area contributed by atoms with Gasteiger partial charge in [0.2, 0.25) is 5.91 Å².